The molecule has 1 saturated heterocycles. The van der Waals surface area contributed by atoms with E-state index in [9.17, 15) is 14.0 Å². The van der Waals surface area contributed by atoms with Crippen LogP contribution in [0.5, 0.6) is 11.5 Å². The van der Waals surface area contributed by atoms with E-state index < -0.39 is 7.91 Å². The Balaban J connectivity index is 0.000000771. The van der Waals surface area contributed by atoms with Gasteiger partial charge in [0, 0.05) is 38.3 Å². The summed E-state index contributed by atoms with van der Waals surface area (Å²) in [7, 11) is 0.208. The molecule has 0 spiro atoms. The Morgan fingerprint density at radius 3 is 2.33 bits per heavy atom. The number of hydrogen-bond acceptors (Lipinski definition) is 9. The van der Waals surface area contributed by atoms with Gasteiger partial charge < -0.3 is 24.6 Å². The van der Waals surface area contributed by atoms with Crippen LogP contribution >= 0.6 is 7.91 Å². The Bertz CT molecular complexity index is 1200. The van der Waals surface area contributed by atoms with Gasteiger partial charge in [-0.05, 0) is 73.3 Å². The molecule has 0 saturated carbocycles. The number of hydrogen-bond donors (Lipinski definition) is 2. The van der Waals surface area contributed by atoms with Crippen LogP contribution in [0.4, 0.5) is 4.39 Å². The van der Waals surface area contributed by atoms with Crippen molar-refractivity contribution in [2.45, 2.75) is 25.8 Å². The number of piperidine rings is 1. The van der Waals surface area contributed by atoms with Crippen molar-refractivity contribution in [1.29, 1.82) is 0 Å². The molecule has 2 aromatic carbocycles. The largest absolute Gasteiger partial charge is 0.496 e. The second-order valence-electron chi connectivity index (χ2n) is 9.19. The van der Waals surface area contributed by atoms with Crippen LogP contribution in [0.15, 0.2) is 36.4 Å². The number of ether oxygens (including phenoxy) is 2. The number of nitrogens with zero attached hydrogens (tertiary/aromatic N) is 2. The van der Waals surface area contributed by atoms with Crippen LogP contribution in [-0.2, 0) is 31.6 Å². The highest BCUT2D eigenvalue weighted by atomic mass is 31.1. The lowest BCUT2D eigenvalue weighted by Gasteiger charge is -2.37. The quantitative estimate of drug-likeness (QED) is 0.280. The summed E-state index contributed by atoms with van der Waals surface area (Å²) in [5.41, 5.74) is 2.74. The fourth-order valence-corrected chi connectivity index (χ4v) is 4.82. The molecule has 11 nitrogen and oxygen atoms in total. The Morgan fingerprint density at radius 1 is 1.08 bits per heavy atom. The number of halogens is 1. The molecule has 0 aliphatic carbocycles. The second-order valence-corrected chi connectivity index (χ2v) is 9.80. The van der Waals surface area contributed by atoms with Gasteiger partial charge in [-0.3, -0.25) is 9.59 Å². The summed E-state index contributed by atoms with van der Waals surface area (Å²) in [5, 5.41) is 9.93. The maximum Gasteiger partial charge on any atom is 0.496 e. The smallest absolute Gasteiger partial charge is 0.493 e. The third-order valence-corrected chi connectivity index (χ3v) is 6.90. The predicted octanol–water partition coefficient (Wildman–Crippen LogP) is 3.43. The summed E-state index contributed by atoms with van der Waals surface area (Å²) in [5.74, 6) is 0.974. The standard InChI is InChI=1S/C26H32FN3O4.HO4P/c1-33-23-14-19-9-12-30(17-21(19)15-24(23)34-2)26(32)20-4-3-11-29(16-20)13-10-28-25(31)18-5-7-22(27)8-6-18;1-4-5(2)3/h5-8,14-15,20H,3-4,9-13,16-17H2,1-2H3,(H,28,31);1H. The van der Waals surface area contributed by atoms with Crippen molar-refractivity contribution < 1.29 is 42.5 Å². The number of carbonyl (C=O) groups is 2. The minimum absolute atomic E-state index is 0.0387. The van der Waals surface area contributed by atoms with Gasteiger partial charge in [0.2, 0.25) is 5.91 Å². The van der Waals surface area contributed by atoms with Gasteiger partial charge in [-0.15, -0.1) is 4.67 Å². The van der Waals surface area contributed by atoms with E-state index in [2.05, 4.69) is 14.9 Å². The van der Waals surface area contributed by atoms with Gasteiger partial charge in [0.1, 0.15) is 5.82 Å². The molecule has 2 aromatic rings. The van der Waals surface area contributed by atoms with Crippen molar-refractivity contribution in [1.82, 2.24) is 15.1 Å². The molecule has 2 N–H and O–H groups in total. The van der Waals surface area contributed by atoms with Crippen LogP contribution < -0.4 is 14.8 Å². The lowest BCUT2D eigenvalue weighted by molar-refractivity contribution is -0.138. The summed E-state index contributed by atoms with van der Waals surface area (Å²) in [6.07, 6.45) is 2.64. The molecule has 2 amide bonds. The monoisotopic (exact) mass is 565 g/mol. The molecule has 1 unspecified atom stereocenters. The first-order valence-corrected chi connectivity index (χ1v) is 13.6. The summed E-state index contributed by atoms with van der Waals surface area (Å²) in [6, 6.07) is 9.50. The number of methoxy groups -OCH3 is 2. The first-order chi connectivity index (χ1) is 18.7. The highest BCUT2D eigenvalue weighted by molar-refractivity contribution is 7.24. The van der Waals surface area contributed by atoms with E-state index in [1.807, 2.05) is 17.0 Å². The van der Waals surface area contributed by atoms with Gasteiger partial charge in [0.05, 0.1) is 20.1 Å². The molecule has 212 valence electrons. The zero-order valence-corrected chi connectivity index (χ0v) is 22.8. The van der Waals surface area contributed by atoms with Crippen LogP contribution in [0.3, 0.4) is 0 Å². The lowest BCUT2D eigenvalue weighted by Crippen LogP contribution is -2.47. The van der Waals surface area contributed by atoms with E-state index in [1.54, 1.807) is 14.2 Å². The average Bonchev–Trinajstić information content (AvgIpc) is 2.96. The Hall–Kier alpha value is -3.31. The number of amides is 2. The number of likely N-dealkylation sites (tertiary alicyclic amines) is 1. The molecule has 1 atom stereocenters. The molecule has 0 aromatic heterocycles. The summed E-state index contributed by atoms with van der Waals surface area (Å²) < 4.78 is 44.5. The normalized spacial score (nSPS) is 16.8. The van der Waals surface area contributed by atoms with Gasteiger partial charge in [0.15, 0.2) is 11.5 Å². The van der Waals surface area contributed by atoms with Gasteiger partial charge in [0.25, 0.3) is 5.91 Å². The minimum Gasteiger partial charge on any atom is -0.493 e. The Kier molecular flexibility index (Phi) is 11.4. The Labute approximate surface area is 226 Å². The first-order valence-electron chi connectivity index (χ1n) is 12.5. The topological polar surface area (TPSA) is 135 Å². The molecular weight excluding hydrogens is 532 g/mol. The van der Waals surface area contributed by atoms with E-state index in [4.69, 9.17) is 23.9 Å². The highest BCUT2D eigenvalue weighted by Gasteiger charge is 2.31. The molecule has 2 aliphatic rings. The molecule has 0 bridgehead atoms. The molecular formula is C26H33FN3O8P. The molecule has 39 heavy (non-hydrogen) atoms. The van der Waals surface area contributed by atoms with Gasteiger partial charge in [-0.1, -0.05) is 0 Å². The fourth-order valence-electron chi connectivity index (χ4n) is 4.82. The van der Waals surface area contributed by atoms with Crippen LogP contribution in [0.25, 0.3) is 0 Å². The number of nitrogens with one attached hydrogen (secondary N) is 1. The first kappa shape index (κ1) is 30.2. The molecule has 2 heterocycles. The zero-order valence-electron chi connectivity index (χ0n) is 21.9. The van der Waals surface area contributed by atoms with E-state index >= 15 is 0 Å². The van der Waals surface area contributed by atoms with Crippen molar-refractivity contribution in [2.75, 3.05) is 46.9 Å². The maximum absolute atomic E-state index is 13.3. The molecule has 1 fully saturated rings. The SMILES string of the molecule is COc1cc2c(cc1OC)CN(C(=O)C1CCCN(CCNC(=O)c3ccc(F)cc3)C1)CC2.O=P(=O)OO. The molecule has 4 rings (SSSR count). The second kappa shape index (κ2) is 14.7. The number of rotatable bonds is 8. The van der Waals surface area contributed by atoms with Crippen molar-refractivity contribution in [3.05, 3.63) is 58.9 Å². The van der Waals surface area contributed by atoms with Crippen LogP contribution in [-0.4, -0.2) is 73.8 Å². The van der Waals surface area contributed by atoms with Crippen molar-refractivity contribution in [3.8, 4) is 11.5 Å². The zero-order chi connectivity index (χ0) is 28.4. The number of fused-ring (bicyclic) bond motifs is 1. The maximum atomic E-state index is 13.3. The van der Waals surface area contributed by atoms with Gasteiger partial charge in [-0.2, -0.15) is 0 Å². The highest BCUT2D eigenvalue weighted by Crippen LogP contribution is 2.34. The summed E-state index contributed by atoms with van der Waals surface area (Å²) in [4.78, 5) is 29.8. The number of carbonyl (C=O) groups excluding carboxylic acids is 2. The molecule has 13 heteroatoms. The van der Waals surface area contributed by atoms with Crippen molar-refractivity contribution in [3.63, 3.8) is 0 Å². The molecule has 2 aliphatic heterocycles. The average molecular weight is 566 g/mol. The number of benzene rings is 2. The van der Waals surface area contributed by atoms with E-state index in [0.29, 0.717) is 44.0 Å². The summed E-state index contributed by atoms with van der Waals surface area (Å²) >= 11 is 0. The predicted molar refractivity (Wildman–Crippen MR) is 139 cm³/mol. The third kappa shape index (κ3) is 8.59. The van der Waals surface area contributed by atoms with Crippen molar-refractivity contribution in [2.24, 2.45) is 5.92 Å². The van der Waals surface area contributed by atoms with E-state index in [1.165, 1.54) is 29.8 Å². The van der Waals surface area contributed by atoms with Gasteiger partial charge in [-0.25, -0.2) is 18.8 Å². The Morgan fingerprint density at radius 2 is 1.72 bits per heavy atom. The van der Waals surface area contributed by atoms with Gasteiger partial charge >= 0.3 is 7.91 Å². The minimum atomic E-state index is -3.04. The van der Waals surface area contributed by atoms with Crippen LogP contribution in [0.1, 0.15) is 34.3 Å². The van der Waals surface area contributed by atoms with Crippen LogP contribution in [0.2, 0.25) is 0 Å². The summed E-state index contributed by atoms with van der Waals surface area (Å²) in [6.45, 7) is 4.05. The fraction of sp³-hybridized carbons (Fsp3) is 0.462. The third-order valence-electron chi connectivity index (χ3n) is 6.77. The molecule has 0 radical (unpaired) electrons. The van der Waals surface area contributed by atoms with E-state index in [-0.39, 0.29) is 23.5 Å². The lowest BCUT2D eigenvalue weighted by atomic mass is 9.93. The van der Waals surface area contributed by atoms with Crippen LogP contribution in [0, 0.1) is 11.7 Å². The van der Waals surface area contributed by atoms with Crippen molar-refractivity contribution >= 4 is 19.7 Å². The van der Waals surface area contributed by atoms with E-state index in [0.717, 1.165) is 37.1 Å².